The van der Waals surface area contributed by atoms with Crippen LogP contribution in [0.5, 0.6) is 0 Å². The van der Waals surface area contributed by atoms with Crippen molar-refractivity contribution in [3.05, 3.63) is 16.1 Å². The van der Waals surface area contributed by atoms with E-state index in [1.807, 2.05) is 4.90 Å². The molecular formula is C11H14Cl2N4O. The zero-order chi connectivity index (χ0) is 13.5. The van der Waals surface area contributed by atoms with Crippen LogP contribution in [0, 0.1) is 11.3 Å². The van der Waals surface area contributed by atoms with Gasteiger partial charge in [-0.15, -0.1) is 0 Å². The van der Waals surface area contributed by atoms with Crippen molar-refractivity contribution in [1.82, 2.24) is 4.98 Å². The van der Waals surface area contributed by atoms with E-state index in [1.54, 1.807) is 13.2 Å². The Balaban J connectivity index is 2.96. The molecule has 5 nitrogen and oxygen atoms in total. The van der Waals surface area contributed by atoms with Gasteiger partial charge >= 0.3 is 0 Å². The topological polar surface area (TPSA) is 75.2 Å². The van der Waals surface area contributed by atoms with E-state index < -0.39 is 0 Å². The molecule has 0 aromatic carbocycles. The van der Waals surface area contributed by atoms with Crippen molar-refractivity contribution >= 4 is 34.8 Å². The van der Waals surface area contributed by atoms with E-state index in [2.05, 4.69) is 11.1 Å². The van der Waals surface area contributed by atoms with Crippen LogP contribution < -0.4 is 10.6 Å². The normalized spacial score (nSPS) is 10.1. The third-order valence-electron chi connectivity index (χ3n) is 2.30. The molecule has 0 atom stereocenters. The first kappa shape index (κ1) is 14.8. The van der Waals surface area contributed by atoms with Crippen molar-refractivity contribution in [2.75, 3.05) is 37.4 Å². The standard InChI is InChI=1S/C11H14Cl2N4O/c1-18-6-5-17(4-2-3-14)11-9(13)7-8(12)10(15)16-11/h7H,2,4-6H2,1H3,(H2,15,16). The summed E-state index contributed by atoms with van der Waals surface area (Å²) in [5.41, 5.74) is 5.66. The zero-order valence-corrected chi connectivity index (χ0v) is 11.5. The van der Waals surface area contributed by atoms with Crippen LogP contribution >= 0.6 is 23.2 Å². The van der Waals surface area contributed by atoms with Gasteiger partial charge in [0, 0.05) is 20.2 Å². The fourth-order valence-electron chi connectivity index (χ4n) is 1.40. The number of nitriles is 1. The molecule has 0 aliphatic carbocycles. The Kier molecular flexibility index (Phi) is 5.99. The third kappa shape index (κ3) is 3.91. The molecule has 98 valence electrons. The average molecular weight is 289 g/mol. The van der Waals surface area contributed by atoms with Crippen molar-refractivity contribution < 1.29 is 4.74 Å². The van der Waals surface area contributed by atoms with E-state index in [0.29, 0.717) is 42.0 Å². The molecule has 0 amide bonds. The van der Waals surface area contributed by atoms with Gasteiger partial charge in [0.1, 0.15) is 11.6 Å². The lowest BCUT2D eigenvalue weighted by Crippen LogP contribution is -2.29. The van der Waals surface area contributed by atoms with Crippen LogP contribution in [0.1, 0.15) is 6.42 Å². The smallest absolute Gasteiger partial charge is 0.150 e. The van der Waals surface area contributed by atoms with Crippen LogP contribution in [0.4, 0.5) is 11.6 Å². The van der Waals surface area contributed by atoms with Crippen LogP contribution in [-0.2, 0) is 4.74 Å². The van der Waals surface area contributed by atoms with Crippen LogP contribution in [0.25, 0.3) is 0 Å². The van der Waals surface area contributed by atoms with Crippen molar-refractivity contribution in [2.45, 2.75) is 6.42 Å². The highest BCUT2D eigenvalue weighted by Gasteiger charge is 2.14. The summed E-state index contributed by atoms with van der Waals surface area (Å²) in [5.74, 6) is 0.737. The van der Waals surface area contributed by atoms with Gasteiger partial charge in [-0.2, -0.15) is 5.26 Å². The monoisotopic (exact) mass is 288 g/mol. The Bertz CT molecular complexity index is 447. The highest BCUT2D eigenvalue weighted by atomic mass is 35.5. The van der Waals surface area contributed by atoms with Gasteiger partial charge in [0.2, 0.25) is 0 Å². The largest absolute Gasteiger partial charge is 0.383 e. The van der Waals surface area contributed by atoms with E-state index >= 15 is 0 Å². The second-order valence-electron chi connectivity index (χ2n) is 3.55. The maximum Gasteiger partial charge on any atom is 0.150 e. The second kappa shape index (κ2) is 7.27. The SMILES string of the molecule is COCCN(CCC#N)c1nc(N)c(Cl)cc1Cl. The van der Waals surface area contributed by atoms with Gasteiger partial charge in [-0.3, -0.25) is 0 Å². The third-order valence-corrected chi connectivity index (χ3v) is 2.88. The number of nitrogens with zero attached hydrogens (tertiary/aromatic N) is 3. The van der Waals surface area contributed by atoms with Gasteiger partial charge in [0.15, 0.2) is 0 Å². The molecule has 1 rings (SSSR count). The molecule has 0 saturated carbocycles. The lowest BCUT2D eigenvalue weighted by Gasteiger charge is -2.23. The summed E-state index contributed by atoms with van der Waals surface area (Å²) in [5, 5.41) is 9.37. The quantitative estimate of drug-likeness (QED) is 0.870. The first-order valence-electron chi connectivity index (χ1n) is 5.32. The molecule has 0 bridgehead atoms. The fraction of sp³-hybridized carbons (Fsp3) is 0.455. The predicted molar refractivity (Wildman–Crippen MR) is 73.0 cm³/mol. The Morgan fingerprint density at radius 3 is 2.78 bits per heavy atom. The minimum atomic E-state index is 0.218. The molecule has 0 saturated heterocycles. The number of anilines is 2. The number of rotatable bonds is 6. The maximum absolute atomic E-state index is 8.65. The number of methoxy groups -OCH3 is 1. The number of halogens is 2. The van der Waals surface area contributed by atoms with Crippen molar-refractivity contribution in [2.24, 2.45) is 0 Å². The molecule has 0 radical (unpaired) electrons. The summed E-state index contributed by atoms with van der Waals surface area (Å²) in [4.78, 5) is 6.00. The Hall–Kier alpha value is -1.22. The Morgan fingerprint density at radius 1 is 1.44 bits per heavy atom. The summed E-state index contributed by atoms with van der Waals surface area (Å²) in [7, 11) is 1.60. The lowest BCUT2D eigenvalue weighted by molar-refractivity contribution is 0.205. The molecule has 7 heteroatoms. The van der Waals surface area contributed by atoms with Gasteiger partial charge < -0.3 is 15.4 Å². The van der Waals surface area contributed by atoms with Crippen LogP contribution in [-0.4, -0.2) is 31.8 Å². The summed E-state index contributed by atoms with van der Waals surface area (Å²) in [6.07, 6.45) is 0.365. The average Bonchev–Trinajstić information content (AvgIpc) is 2.35. The highest BCUT2D eigenvalue weighted by molar-refractivity contribution is 6.37. The maximum atomic E-state index is 8.65. The molecule has 0 unspecified atom stereocenters. The number of nitrogens with two attached hydrogens (primary N) is 1. The van der Waals surface area contributed by atoms with Crippen LogP contribution in [0.2, 0.25) is 10.0 Å². The molecule has 2 N–H and O–H groups in total. The summed E-state index contributed by atoms with van der Waals surface area (Å²) >= 11 is 11.9. The molecule has 18 heavy (non-hydrogen) atoms. The number of aromatic nitrogens is 1. The zero-order valence-electron chi connectivity index (χ0n) is 9.99. The molecule has 0 aliphatic heterocycles. The van der Waals surface area contributed by atoms with E-state index in [0.717, 1.165) is 0 Å². The van der Waals surface area contributed by atoms with Crippen LogP contribution in [0.15, 0.2) is 6.07 Å². The first-order chi connectivity index (χ1) is 8.60. The number of nitrogen functional groups attached to an aromatic ring is 1. The minimum absolute atomic E-state index is 0.218. The summed E-state index contributed by atoms with van der Waals surface area (Å²) in [6, 6.07) is 3.63. The predicted octanol–water partition coefficient (Wildman–Crippen LogP) is 2.34. The van der Waals surface area contributed by atoms with Gasteiger partial charge in [-0.05, 0) is 6.07 Å². The van der Waals surface area contributed by atoms with Gasteiger partial charge in [-0.25, -0.2) is 4.98 Å². The van der Waals surface area contributed by atoms with Gasteiger partial charge in [-0.1, -0.05) is 23.2 Å². The lowest BCUT2D eigenvalue weighted by atomic mass is 10.3. The Labute approximate surface area is 116 Å². The Morgan fingerprint density at radius 2 is 2.17 bits per heavy atom. The van der Waals surface area contributed by atoms with E-state index in [4.69, 9.17) is 38.9 Å². The van der Waals surface area contributed by atoms with Crippen molar-refractivity contribution in [3.8, 4) is 6.07 Å². The molecule has 0 fully saturated rings. The van der Waals surface area contributed by atoms with Crippen LogP contribution in [0.3, 0.4) is 0 Å². The molecular weight excluding hydrogens is 275 g/mol. The summed E-state index contributed by atoms with van der Waals surface area (Å²) < 4.78 is 5.01. The molecule has 1 heterocycles. The second-order valence-corrected chi connectivity index (χ2v) is 4.36. The fourth-order valence-corrected chi connectivity index (χ4v) is 1.88. The van der Waals surface area contributed by atoms with E-state index in [9.17, 15) is 0 Å². The summed E-state index contributed by atoms with van der Waals surface area (Å²) in [6.45, 7) is 1.59. The van der Waals surface area contributed by atoms with E-state index in [-0.39, 0.29) is 5.82 Å². The van der Waals surface area contributed by atoms with Crippen molar-refractivity contribution in [3.63, 3.8) is 0 Å². The number of hydrogen-bond donors (Lipinski definition) is 1. The van der Waals surface area contributed by atoms with Crippen molar-refractivity contribution in [1.29, 1.82) is 5.26 Å². The van der Waals surface area contributed by atoms with E-state index in [1.165, 1.54) is 0 Å². The van der Waals surface area contributed by atoms with Gasteiger partial charge in [0.25, 0.3) is 0 Å². The molecule has 0 spiro atoms. The molecule has 1 aromatic rings. The minimum Gasteiger partial charge on any atom is -0.383 e. The number of hydrogen-bond acceptors (Lipinski definition) is 5. The molecule has 0 aliphatic rings. The molecule has 1 aromatic heterocycles. The first-order valence-corrected chi connectivity index (χ1v) is 6.08. The van der Waals surface area contributed by atoms with Gasteiger partial charge in [0.05, 0.1) is 29.1 Å². The number of ether oxygens (including phenoxy) is 1. The number of pyridine rings is 1. The highest BCUT2D eigenvalue weighted by Crippen LogP contribution is 2.29.